The Kier molecular flexibility index (Phi) is 3.76. The lowest BCUT2D eigenvalue weighted by molar-refractivity contribution is 0.303. The average molecular weight is 336 g/mol. The van der Waals surface area contributed by atoms with Crippen LogP contribution in [0.15, 0.2) is 46.9 Å². The summed E-state index contributed by atoms with van der Waals surface area (Å²) >= 11 is 3.18. The van der Waals surface area contributed by atoms with Crippen molar-refractivity contribution in [2.45, 2.75) is 25.0 Å². The Bertz CT molecular complexity index is 610. The minimum absolute atomic E-state index is 0.276. The predicted octanol–water partition coefficient (Wildman–Crippen LogP) is 4.18. The van der Waals surface area contributed by atoms with Gasteiger partial charge in [-0.25, -0.2) is 4.39 Å². The zero-order valence-corrected chi connectivity index (χ0v) is 12.4. The van der Waals surface area contributed by atoms with Gasteiger partial charge in [-0.3, -0.25) is 0 Å². The lowest BCUT2D eigenvalue weighted by Gasteiger charge is -2.14. The molecule has 1 saturated carbocycles. The van der Waals surface area contributed by atoms with Crippen LogP contribution in [-0.2, 0) is 0 Å². The van der Waals surface area contributed by atoms with E-state index in [0.717, 1.165) is 29.7 Å². The first-order valence-electron chi connectivity index (χ1n) is 6.60. The SMILES string of the molecule is NC(c1ccc(OC2CC2)cc1)c1ccc(F)c(Br)c1. The summed E-state index contributed by atoms with van der Waals surface area (Å²) in [6, 6.07) is 12.4. The summed E-state index contributed by atoms with van der Waals surface area (Å²) in [7, 11) is 0. The molecule has 2 N–H and O–H groups in total. The highest BCUT2D eigenvalue weighted by atomic mass is 79.9. The van der Waals surface area contributed by atoms with Crippen LogP contribution in [0, 0.1) is 5.82 Å². The van der Waals surface area contributed by atoms with Crippen molar-refractivity contribution in [1.82, 2.24) is 0 Å². The van der Waals surface area contributed by atoms with E-state index in [1.165, 1.54) is 6.07 Å². The van der Waals surface area contributed by atoms with E-state index in [1.807, 2.05) is 24.3 Å². The number of benzene rings is 2. The highest BCUT2D eigenvalue weighted by Gasteiger charge is 2.23. The maximum absolute atomic E-state index is 13.2. The molecule has 2 aromatic carbocycles. The Morgan fingerprint density at radius 2 is 1.75 bits per heavy atom. The first-order chi connectivity index (χ1) is 9.63. The van der Waals surface area contributed by atoms with Crippen LogP contribution in [0.1, 0.15) is 30.0 Å². The van der Waals surface area contributed by atoms with Gasteiger partial charge in [0.15, 0.2) is 0 Å². The number of ether oxygens (including phenoxy) is 1. The highest BCUT2D eigenvalue weighted by molar-refractivity contribution is 9.10. The summed E-state index contributed by atoms with van der Waals surface area (Å²) in [5.74, 6) is 0.595. The maximum Gasteiger partial charge on any atom is 0.137 e. The third-order valence-corrected chi connectivity index (χ3v) is 3.98. The highest BCUT2D eigenvalue weighted by Crippen LogP contribution is 2.29. The molecule has 1 unspecified atom stereocenters. The van der Waals surface area contributed by atoms with Crippen molar-refractivity contribution < 1.29 is 9.13 Å². The number of rotatable bonds is 4. The first-order valence-corrected chi connectivity index (χ1v) is 7.40. The summed E-state index contributed by atoms with van der Waals surface area (Å²) in [6.07, 6.45) is 2.68. The van der Waals surface area contributed by atoms with E-state index in [2.05, 4.69) is 15.9 Å². The van der Waals surface area contributed by atoms with Crippen LogP contribution in [0.5, 0.6) is 5.75 Å². The molecule has 2 aromatic rings. The van der Waals surface area contributed by atoms with Gasteiger partial charge in [-0.1, -0.05) is 18.2 Å². The van der Waals surface area contributed by atoms with Gasteiger partial charge in [-0.2, -0.15) is 0 Å². The predicted molar refractivity (Wildman–Crippen MR) is 80.2 cm³/mol. The second-order valence-corrected chi connectivity index (χ2v) is 5.89. The fourth-order valence-electron chi connectivity index (χ4n) is 2.03. The van der Waals surface area contributed by atoms with E-state index in [4.69, 9.17) is 10.5 Å². The minimum atomic E-state index is -0.283. The number of halogens is 2. The molecule has 3 rings (SSSR count). The van der Waals surface area contributed by atoms with Gasteiger partial charge in [-0.05, 0) is 64.2 Å². The molecule has 2 nitrogen and oxygen atoms in total. The third kappa shape index (κ3) is 3.02. The van der Waals surface area contributed by atoms with Crippen molar-refractivity contribution in [1.29, 1.82) is 0 Å². The smallest absolute Gasteiger partial charge is 0.137 e. The Hall–Kier alpha value is -1.39. The lowest BCUT2D eigenvalue weighted by Crippen LogP contribution is -2.12. The van der Waals surface area contributed by atoms with E-state index in [-0.39, 0.29) is 11.9 Å². The fourth-order valence-corrected chi connectivity index (χ4v) is 2.43. The first kappa shape index (κ1) is 13.6. The quantitative estimate of drug-likeness (QED) is 0.909. The van der Waals surface area contributed by atoms with Gasteiger partial charge < -0.3 is 10.5 Å². The van der Waals surface area contributed by atoms with Crippen LogP contribution in [0.3, 0.4) is 0 Å². The molecular weight excluding hydrogens is 321 g/mol. The number of nitrogens with two attached hydrogens (primary N) is 1. The van der Waals surface area contributed by atoms with Crippen LogP contribution in [0.2, 0.25) is 0 Å². The monoisotopic (exact) mass is 335 g/mol. The fraction of sp³-hybridized carbons (Fsp3) is 0.250. The molecule has 0 radical (unpaired) electrons. The molecule has 0 saturated heterocycles. The Morgan fingerprint density at radius 1 is 1.10 bits per heavy atom. The average Bonchev–Trinajstić information content (AvgIpc) is 3.26. The van der Waals surface area contributed by atoms with Crippen LogP contribution in [0.4, 0.5) is 4.39 Å². The summed E-state index contributed by atoms with van der Waals surface area (Å²) in [5, 5.41) is 0. The molecule has 0 aliphatic heterocycles. The van der Waals surface area contributed by atoms with Crippen molar-refractivity contribution in [2.24, 2.45) is 5.73 Å². The standard InChI is InChI=1S/C16H15BrFNO/c17-14-9-11(3-8-15(14)18)16(19)10-1-4-12(5-2-10)20-13-6-7-13/h1-5,8-9,13,16H,6-7,19H2. The van der Waals surface area contributed by atoms with Crippen molar-refractivity contribution in [3.8, 4) is 5.75 Å². The molecular formula is C16H15BrFNO. The summed E-state index contributed by atoms with van der Waals surface area (Å²) in [6.45, 7) is 0. The molecule has 20 heavy (non-hydrogen) atoms. The van der Waals surface area contributed by atoms with Crippen molar-refractivity contribution in [3.05, 3.63) is 63.9 Å². The molecule has 4 heteroatoms. The summed E-state index contributed by atoms with van der Waals surface area (Å²) < 4.78 is 19.4. The van der Waals surface area contributed by atoms with Crippen molar-refractivity contribution in [2.75, 3.05) is 0 Å². The Balaban J connectivity index is 1.78. The Morgan fingerprint density at radius 3 is 2.35 bits per heavy atom. The molecule has 0 amide bonds. The van der Waals surface area contributed by atoms with Crippen LogP contribution in [-0.4, -0.2) is 6.10 Å². The van der Waals surface area contributed by atoms with Crippen LogP contribution in [0.25, 0.3) is 0 Å². The molecule has 1 aliphatic rings. The van der Waals surface area contributed by atoms with E-state index < -0.39 is 0 Å². The van der Waals surface area contributed by atoms with Crippen molar-refractivity contribution in [3.63, 3.8) is 0 Å². The van der Waals surface area contributed by atoms with Gasteiger partial charge in [0.1, 0.15) is 11.6 Å². The second kappa shape index (κ2) is 5.54. The second-order valence-electron chi connectivity index (χ2n) is 5.04. The number of hydrogen-bond donors (Lipinski definition) is 1. The van der Waals surface area contributed by atoms with Gasteiger partial charge in [0.2, 0.25) is 0 Å². The largest absolute Gasteiger partial charge is 0.490 e. The van der Waals surface area contributed by atoms with E-state index in [9.17, 15) is 4.39 Å². The molecule has 1 aliphatic carbocycles. The molecule has 104 valence electrons. The van der Waals surface area contributed by atoms with Gasteiger partial charge in [0.05, 0.1) is 16.6 Å². The van der Waals surface area contributed by atoms with E-state index in [0.29, 0.717) is 10.6 Å². The van der Waals surface area contributed by atoms with Crippen molar-refractivity contribution >= 4 is 15.9 Å². The minimum Gasteiger partial charge on any atom is -0.490 e. The summed E-state index contributed by atoms with van der Waals surface area (Å²) in [5.41, 5.74) is 8.06. The molecule has 0 heterocycles. The molecule has 0 spiro atoms. The normalized spacial score (nSPS) is 15.9. The molecule has 0 aromatic heterocycles. The van der Waals surface area contributed by atoms with Crippen LogP contribution >= 0.6 is 15.9 Å². The molecule has 1 fully saturated rings. The lowest BCUT2D eigenvalue weighted by atomic mass is 9.99. The van der Waals surface area contributed by atoms with Gasteiger partial charge in [-0.15, -0.1) is 0 Å². The molecule has 0 bridgehead atoms. The topological polar surface area (TPSA) is 35.2 Å². The zero-order valence-electron chi connectivity index (χ0n) is 10.9. The molecule has 1 atom stereocenters. The maximum atomic E-state index is 13.2. The number of hydrogen-bond acceptors (Lipinski definition) is 2. The zero-order chi connectivity index (χ0) is 14.1. The van der Waals surface area contributed by atoms with E-state index >= 15 is 0 Å². The van der Waals surface area contributed by atoms with E-state index in [1.54, 1.807) is 12.1 Å². The van der Waals surface area contributed by atoms with Gasteiger partial charge in [0.25, 0.3) is 0 Å². The van der Waals surface area contributed by atoms with Crippen LogP contribution < -0.4 is 10.5 Å². The summed E-state index contributed by atoms with van der Waals surface area (Å²) in [4.78, 5) is 0. The van der Waals surface area contributed by atoms with Gasteiger partial charge in [0, 0.05) is 0 Å². The Labute approximate surface area is 125 Å². The van der Waals surface area contributed by atoms with Gasteiger partial charge >= 0.3 is 0 Å². The third-order valence-electron chi connectivity index (χ3n) is 3.37.